The van der Waals surface area contributed by atoms with Crippen LogP contribution in [-0.2, 0) is 16.0 Å². The molecule has 4 nitrogen and oxygen atoms in total. The topological polar surface area (TPSA) is 59.2 Å². The van der Waals surface area contributed by atoms with Gasteiger partial charge in [-0.25, -0.2) is 4.79 Å². The number of halogens is 1. The molecule has 1 aromatic rings. The molecule has 2 rings (SSSR count). The van der Waals surface area contributed by atoms with E-state index < -0.39 is 0 Å². The monoisotopic (exact) mass is 297 g/mol. The van der Waals surface area contributed by atoms with Crippen LogP contribution in [0.25, 0.3) is 5.57 Å². The fourth-order valence-electron chi connectivity index (χ4n) is 2.03. The summed E-state index contributed by atoms with van der Waals surface area (Å²) in [6.07, 6.45) is 2.05. The second-order valence-electron chi connectivity index (χ2n) is 3.87. The summed E-state index contributed by atoms with van der Waals surface area (Å²) in [5.41, 5.74) is 2.53. The number of ether oxygens (including phenoxy) is 1. The lowest BCUT2D eigenvalue weighted by atomic mass is 10.1. The molecule has 0 saturated heterocycles. The Balaban J connectivity index is 2.59. The van der Waals surface area contributed by atoms with Crippen molar-refractivity contribution in [2.45, 2.75) is 20.3 Å². The summed E-state index contributed by atoms with van der Waals surface area (Å²) in [6.45, 7) is 3.93. The standard InChI is InChI=1S/C12H12BrNO3/c1-3-17-12(16)9-6(2)4-7-10(9)8(13)5-14-11(7)15/h5H,3-4H2,1-2H3,(H,14,15). The largest absolute Gasteiger partial charge is 0.462 e. The molecule has 0 saturated carbocycles. The van der Waals surface area contributed by atoms with Gasteiger partial charge in [-0.15, -0.1) is 0 Å². The van der Waals surface area contributed by atoms with Gasteiger partial charge in [-0.1, -0.05) is 5.57 Å². The van der Waals surface area contributed by atoms with Crippen molar-refractivity contribution in [3.63, 3.8) is 0 Å². The summed E-state index contributed by atoms with van der Waals surface area (Å²) in [6, 6.07) is 0. The van der Waals surface area contributed by atoms with Gasteiger partial charge in [0.25, 0.3) is 5.56 Å². The van der Waals surface area contributed by atoms with Crippen molar-refractivity contribution in [3.05, 3.63) is 37.7 Å². The summed E-state index contributed by atoms with van der Waals surface area (Å²) < 4.78 is 5.73. The van der Waals surface area contributed by atoms with Gasteiger partial charge in [0.2, 0.25) is 0 Å². The predicted octanol–water partition coefficient (Wildman–Crippen LogP) is 2.03. The summed E-state index contributed by atoms with van der Waals surface area (Å²) in [4.78, 5) is 26.2. The molecule has 0 bridgehead atoms. The van der Waals surface area contributed by atoms with E-state index >= 15 is 0 Å². The number of H-pyrrole nitrogens is 1. The van der Waals surface area contributed by atoms with Gasteiger partial charge >= 0.3 is 5.97 Å². The number of aromatic nitrogens is 1. The van der Waals surface area contributed by atoms with Crippen LogP contribution < -0.4 is 5.56 Å². The molecule has 0 unspecified atom stereocenters. The van der Waals surface area contributed by atoms with Gasteiger partial charge in [-0.05, 0) is 29.8 Å². The van der Waals surface area contributed by atoms with Crippen molar-refractivity contribution in [1.29, 1.82) is 0 Å². The normalized spacial score (nSPS) is 13.8. The number of esters is 1. The smallest absolute Gasteiger partial charge is 0.338 e. The number of hydrogen-bond acceptors (Lipinski definition) is 3. The second-order valence-corrected chi connectivity index (χ2v) is 4.73. The lowest BCUT2D eigenvalue weighted by molar-refractivity contribution is -0.136. The number of nitrogens with one attached hydrogen (secondary N) is 1. The quantitative estimate of drug-likeness (QED) is 0.850. The van der Waals surface area contributed by atoms with Crippen molar-refractivity contribution < 1.29 is 9.53 Å². The molecule has 0 aliphatic heterocycles. The van der Waals surface area contributed by atoms with Crippen LogP contribution in [0.4, 0.5) is 0 Å². The Bertz CT molecular complexity index is 572. The van der Waals surface area contributed by atoms with E-state index in [2.05, 4.69) is 20.9 Å². The molecule has 0 aromatic carbocycles. The van der Waals surface area contributed by atoms with E-state index in [9.17, 15) is 9.59 Å². The van der Waals surface area contributed by atoms with Crippen LogP contribution in [0.3, 0.4) is 0 Å². The predicted molar refractivity (Wildman–Crippen MR) is 67.7 cm³/mol. The van der Waals surface area contributed by atoms with Crippen LogP contribution in [0.2, 0.25) is 0 Å². The lowest BCUT2D eigenvalue weighted by Gasteiger charge is -2.07. The number of pyridine rings is 1. The molecule has 1 N–H and O–H groups in total. The molecule has 90 valence electrons. The molecule has 5 heteroatoms. The van der Waals surface area contributed by atoms with Crippen LogP contribution in [-0.4, -0.2) is 17.6 Å². The summed E-state index contributed by atoms with van der Waals surface area (Å²) in [5.74, 6) is -0.366. The lowest BCUT2D eigenvalue weighted by Crippen LogP contribution is -2.14. The summed E-state index contributed by atoms with van der Waals surface area (Å²) in [5, 5.41) is 0. The highest BCUT2D eigenvalue weighted by molar-refractivity contribution is 9.10. The SMILES string of the molecule is CCOC(=O)C1=C(C)Cc2c1c(Br)c[nH]c2=O. The van der Waals surface area contributed by atoms with Gasteiger partial charge in [0.1, 0.15) is 0 Å². The molecule has 1 aliphatic carbocycles. The minimum Gasteiger partial charge on any atom is -0.462 e. The molecule has 1 aromatic heterocycles. The maximum atomic E-state index is 11.9. The average Bonchev–Trinajstić information content (AvgIpc) is 2.63. The van der Waals surface area contributed by atoms with Gasteiger partial charge < -0.3 is 9.72 Å². The van der Waals surface area contributed by atoms with E-state index in [-0.39, 0.29) is 11.5 Å². The van der Waals surface area contributed by atoms with Crippen molar-refractivity contribution in [3.8, 4) is 0 Å². The number of carbonyl (C=O) groups is 1. The van der Waals surface area contributed by atoms with Crippen LogP contribution in [0.1, 0.15) is 25.0 Å². The molecular weight excluding hydrogens is 286 g/mol. The van der Waals surface area contributed by atoms with E-state index in [4.69, 9.17) is 4.74 Å². The zero-order valence-electron chi connectivity index (χ0n) is 9.59. The highest BCUT2D eigenvalue weighted by atomic mass is 79.9. The van der Waals surface area contributed by atoms with Crippen molar-refractivity contribution in [2.75, 3.05) is 6.61 Å². The molecule has 1 aliphatic rings. The highest BCUT2D eigenvalue weighted by Gasteiger charge is 2.29. The van der Waals surface area contributed by atoms with Crippen molar-refractivity contribution >= 4 is 27.5 Å². The zero-order valence-corrected chi connectivity index (χ0v) is 11.2. The fraction of sp³-hybridized carbons (Fsp3) is 0.333. The Morgan fingerprint density at radius 2 is 2.29 bits per heavy atom. The third kappa shape index (κ3) is 1.95. The zero-order chi connectivity index (χ0) is 12.6. The first kappa shape index (κ1) is 12.1. The van der Waals surface area contributed by atoms with Gasteiger partial charge in [-0.2, -0.15) is 0 Å². The average molecular weight is 298 g/mol. The Morgan fingerprint density at radius 3 is 2.94 bits per heavy atom. The molecule has 0 atom stereocenters. The van der Waals surface area contributed by atoms with Crippen LogP contribution >= 0.6 is 15.9 Å². The first-order valence-electron chi connectivity index (χ1n) is 5.33. The molecule has 1 heterocycles. The Kier molecular flexibility index (Phi) is 3.19. The van der Waals surface area contributed by atoms with E-state index in [1.807, 2.05) is 6.92 Å². The third-order valence-corrected chi connectivity index (χ3v) is 3.37. The van der Waals surface area contributed by atoms with Crippen molar-refractivity contribution in [1.82, 2.24) is 4.98 Å². The number of allylic oxidation sites excluding steroid dienone is 1. The number of hydrogen-bond donors (Lipinski definition) is 1. The summed E-state index contributed by atoms with van der Waals surface area (Å²) >= 11 is 3.36. The van der Waals surface area contributed by atoms with Crippen LogP contribution in [0, 0.1) is 0 Å². The highest BCUT2D eigenvalue weighted by Crippen LogP contribution is 2.35. The number of carbonyl (C=O) groups excluding carboxylic acids is 1. The number of fused-ring (bicyclic) bond motifs is 1. The van der Waals surface area contributed by atoms with Crippen molar-refractivity contribution in [2.24, 2.45) is 0 Å². The van der Waals surface area contributed by atoms with E-state index in [1.54, 1.807) is 13.1 Å². The fourth-order valence-corrected chi connectivity index (χ4v) is 2.58. The Labute approximate surface area is 107 Å². The minimum absolute atomic E-state index is 0.151. The molecule has 0 radical (unpaired) electrons. The minimum atomic E-state index is -0.366. The molecule has 0 spiro atoms. The van der Waals surface area contributed by atoms with Gasteiger partial charge in [0.05, 0.1) is 12.2 Å². The van der Waals surface area contributed by atoms with Gasteiger partial charge in [-0.3, -0.25) is 4.79 Å². The Hall–Kier alpha value is -1.36. The van der Waals surface area contributed by atoms with Gasteiger partial charge in [0.15, 0.2) is 0 Å². The summed E-state index contributed by atoms with van der Waals surface area (Å²) in [7, 11) is 0. The van der Waals surface area contributed by atoms with Crippen LogP contribution in [0.15, 0.2) is 21.0 Å². The van der Waals surface area contributed by atoms with Gasteiger partial charge in [0, 0.05) is 28.2 Å². The second kappa shape index (κ2) is 4.49. The first-order chi connectivity index (χ1) is 8.06. The molecule has 0 fully saturated rings. The maximum Gasteiger partial charge on any atom is 0.338 e. The Morgan fingerprint density at radius 1 is 1.59 bits per heavy atom. The van der Waals surface area contributed by atoms with E-state index in [1.165, 1.54) is 0 Å². The first-order valence-corrected chi connectivity index (χ1v) is 6.12. The number of aromatic amines is 1. The van der Waals surface area contributed by atoms with E-state index in [0.717, 1.165) is 5.57 Å². The van der Waals surface area contributed by atoms with Crippen LogP contribution in [0.5, 0.6) is 0 Å². The molecular formula is C12H12BrNO3. The maximum absolute atomic E-state index is 11.9. The third-order valence-electron chi connectivity index (χ3n) is 2.74. The van der Waals surface area contributed by atoms with E-state index in [0.29, 0.717) is 34.2 Å². The number of rotatable bonds is 2. The molecule has 0 amide bonds. The molecule has 17 heavy (non-hydrogen) atoms.